The lowest BCUT2D eigenvalue weighted by Crippen LogP contribution is -2.21. The summed E-state index contributed by atoms with van der Waals surface area (Å²) in [5.41, 5.74) is 4.82. The zero-order valence-electron chi connectivity index (χ0n) is 18.0. The number of nitrogens with one attached hydrogen (secondary N) is 1. The zero-order valence-corrected chi connectivity index (χ0v) is 19.6. The van der Waals surface area contributed by atoms with Gasteiger partial charge in [-0.1, -0.05) is 64.5 Å². The third-order valence-corrected chi connectivity index (χ3v) is 4.97. The zero-order chi connectivity index (χ0) is 24.7. The van der Waals surface area contributed by atoms with Crippen LogP contribution in [-0.4, -0.2) is 33.9 Å². The van der Waals surface area contributed by atoms with E-state index in [1.165, 1.54) is 6.21 Å². The highest BCUT2D eigenvalue weighted by Crippen LogP contribution is 2.33. The van der Waals surface area contributed by atoms with E-state index in [1.807, 2.05) is 84.9 Å². The number of halogens is 4. The Morgan fingerprint density at radius 3 is 2.03 bits per heavy atom. The number of alkyl halides is 3. The maximum Gasteiger partial charge on any atom is 0.422 e. The summed E-state index contributed by atoms with van der Waals surface area (Å²) in [5, 5.41) is 4.10. The molecule has 0 atom stereocenters. The molecule has 11 heteroatoms. The van der Waals surface area contributed by atoms with E-state index in [4.69, 9.17) is 4.74 Å². The second-order valence-electron chi connectivity index (χ2n) is 7.07. The summed E-state index contributed by atoms with van der Waals surface area (Å²) >= 11 is 3.36. The summed E-state index contributed by atoms with van der Waals surface area (Å²) < 4.78 is 44.2. The van der Waals surface area contributed by atoms with Crippen molar-refractivity contribution >= 4 is 45.4 Å². The Bertz CT molecular complexity index is 1230. The average molecular weight is 543 g/mol. The number of anilines is 4. The minimum atomic E-state index is -4.56. The van der Waals surface area contributed by atoms with Crippen molar-refractivity contribution in [2.24, 2.45) is 5.10 Å². The van der Waals surface area contributed by atoms with Crippen LogP contribution in [0.25, 0.3) is 0 Å². The second-order valence-corrected chi connectivity index (χ2v) is 7.99. The molecule has 1 heterocycles. The number of nitrogens with zero attached hydrogens (tertiary/aromatic N) is 5. The molecular weight excluding hydrogens is 525 g/mol. The van der Waals surface area contributed by atoms with Crippen LogP contribution in [0.3, 0.4) is 0 Å². The van der Waals surface area contributed by atoms with Gasteiger partial charge in [-0.3, -0.25) is 4.90 Å². The fourth-order valence-corrected chi connectivity index (χ4v) is 3.22. The Morgan fingerprint density at radius 2 is 1.46 bits per heavy atom. The number of hydrazone groups is 1. The topological polar surface area (TPSA) is 75.5 Å². The van der Waals surface area contributed by atoms with E-state index in [9.17, 15) is 13.2 Å². The smallest absolute Gasteiger partial charge is 0.422 e. The Balaban J connectivity index is 1.71. The molecule has 4 rings (SSSR count). The SMILES string of the molecule is FC(F)(F)COc1nc(N/N=C\c2ccc(Br)cc2)nc(N(c2ccccc2)c2ccccc2)n1. The molecule has 7 nitrogen and oxygen atoms in total. The fraction of sp³-hybridized carbons (Fsp3) is 0.0833. The Labute approximate surface area is 207 Å². The highest BCUT2D eigenvalue weighted by Gasteiger charge is 2.29. The molecule has 0 radical (unpaired) electrons. The molecule has 178 valence electrons. The normalized spacial score (nSPS) is 11.4. The van der Waals surface area contributed by atoms with Crippen molar-refractivity contribution in [3.63, 3.8) is 0 Å². The lowest BCUT2D eigenvalue weighted by Gasteiger charge is -2.23. The first kappa shape index (κ1) is 24.1. The first-order valence-corrected chi connectivity index (χ1v) is 11.1. The maximum absolute atomic E-state index is 12.8. The van der Waals surface area contributed by atoms with Crippen LogP contribution in [0.5, 0.6) is 6.01 Å². The van der Waals surface area contributed by atoms with Gasteiger partial charge in [0.05, 0.1) is 6.21 Å². The van der Waals surface area contributed by atoms with Crippen molar-refractivity contribution in [2.45, 2.75) is 6.18 Å². The van der Waals surface area contributed by atoms with Gasteiger partial charge in [0, 0.05) is 15.8 Å². The van der Waals surface area contributed by atoms with Crippen molar-refractivity contribution in [2.75, 3.05) is 16.9 Å². The van der Waals surface area contributed by atoms with Crippen LogP contribution in [0.2, 0.25) is 0 Å². The molecule has 0 bridgehead atoms. The van der Waals surface area contributed by atoms with Gasteiger partial charge < -0.3 is 4.74 Å². The summed E-state index contributed by atoms with van der Waals surface area (Å²) in [6.45, 7) is -1.55. The molecule has 0 amide bonds. The Hall–Kier alpha value is -3.99. The first-order chi connectivity index (χ1) is 16.9. The van der Waals surface area contributed by atoms with Gasteiger partial charge in [-0.15, -0.1) is 0 Å². The maximum atomic E-state index is 12.8. The second kappa shape index (κ2) is 11.0. The van der Waals surface area contributed by atoms with Gasteiger partial charge in [-0.25, -0.2) is 5.43 Å². The summed E-state index contributed by atoms with van der Waals surface area (Å²) in [7, 11) is 0. The largest absolute Gasteiger partial charge is 0.454 e. The quantitative estimate of drug-likeness (QED) is 0.202. The highest BCUT2D eigenvalue weighted by atomic mass is 79.9. The van der Waals surface area contributed by atoms with E-state index >= 15 is 0 Å². The van der Waals surface area contributed by atoms with Crippen LogP contribution in [0.1, 0.15) is 5.56 Å². The van der Waals surface area contributed by atoms with Crippen LogP contribution in [-0.2, 0) is 0 Å². The van der Waals surface area contributed by atoms with Crippen molar-refractivity contribution in [3.05, 3.63) is 95.0 Å². The summed E-state index contributed by atoms with van der Waals surface area (Å²) in [6.07, 6.45) is -3.03. The van der Waals surface area contributed by atoms with Crippen molar-refractivity contribution in [3.8, 4) is 6.01 Å². The Kier molecular flexibility index (Phi) is 7.56. The van der Waals surface area contributed by atoms with Gasteiger partial charge in [0.25, 0.3) is 5.95 Å². The number of rotatable bonds is 8. The molecule has 0 saturated carbocycles. The number of para-hydroxylation sites is 2. The molecule has 0 fully saturated rings. The highest BCUT2D eigenvalue weighted by molar-refractivity contribution is 9.10. The van der Waals surface area contributed by atoms with Gasteiger partial charge in [-0.2, -0.15) is 33.2 Å². The van der Waals surface area contributed by atoms with Gasteiger partial charge >= 0.3 is 12.2 Å². The molecule has 35 heavy (non-hydrogen) atoms. The average Bonchev–Trinajstić information content (AvgIpc) is 2.85. The number of benzene rings is 3. The van der Waals surface area contributed by atoms with Crippen molar-refractivity contribution in [1.82, 2.24) is 15.0 Å². The predicted molar refractivity (Wildman–Crippen MR) is 131 cm³/mol. The lowest BCUT2D eigenvalue weighted by molar-refractivity contribution is -0.154. The van der Waals surface area contributed by atoms with Crippen molar-refractivity contribution in [1.29, 1.82) is 0 Å². The number of ether oxygens (including phenoxy) is 1. The van der Waals surface area contributed by atoms with E-state index in [0.29, 0.717) is 11.4 Å². The first-order valence-electron chi connectivity index (χ1n) is 10.3. The fourth-order valence-electron chi connectivity index (χ4n) is 2.95. The molecule has 1 aromatic heterocycles. The summed E-state index contributed by atoms with van der Waals surface area (Å²) in [4.78, 5) is 14.2. The van der Waals surface area contributed by atoms with Gasteiger partial charge in [-0.05, 0) is 42.0 Å². The van der Waals surface area contributed by atoms with Crippen LogP contribution in [0.15, 0.2) is 94.5 Å². The summed E-state index contributed by atoms with van der Waals surface area (Å²) in [6, 6.07) is 25.2. The molecule has 0 aliphatic rings. The molecule has 0 saturated heterocycles. The molecule has 0 spiro atoms. The van der Waals surface area contributed by atoms with Crippen LogP contribution >= 0.6 is 15.9 Å². The van der Waals surface area contributed by atoms with Crippen molar-refractivity contribution < 1.29 is 17.9 Å². The third-order valence-electron chi connectivity index (χ3n) is 4.44. The lowest BCUT2D eigenvalue weighted by atomic mass is 10.2. The molecule has 4 aromatic rings. The summed E-state index contributed by atoms with van der Waals surface area (Å²) in [5.74, 6) is -0.0340. The van der Waals surface area contributed by atoms with E-state index in [2.05, 4.69) is 41.4 Å². The Morgan fingerprint density at radius 1 is 0.857 bits per heavy atom. The van der Waals surface area contributed by atoms with Gasteiger partial charge in [0.15, 0.2) is 6.61 Å². The molecule has 0 aliphatic heterocycles. The number of hydrogen-bond acceptors (Lipinski definition) is 7. The predicted octanol–water partition coefficient (Wildman–Crippen LogP) is 6.49. The van der Waals surface area contributed by atoms with E-state index < -0.39 is 18.8 Å². The minimum absolute atomic E-state index is 0.0518. The van der Waals surface area contributed by atoms with Gasteiger partial charge in [0.2, 0.25) is 5.95 Å². The third kappa shape index (κ3) is 7.00. The molecule has 1 N–H and O–H groups in total. The number of hydrogen-bond donors (Lipinski definition) is 1. The van der Waals surface area contributed by atoms with Crippen LogP contribution < -0.4 is 15.1 Å². The standard InChI is InChI=1S/C24H18BrF3N6O/c25-18-13-11-17(12-14-18)15-29-33-21-30-22(32-23(31-21)35-16-24(26,27)28)34(19-7-3-1-4-8-19)20-9-5-2-6-10-20/h1-15H,16H2,(H,30,31,32,33)/b29-15-. The number of aromatic nitrogens is 3. The van der Waals surface area contributed by atoms with Crippen LogP contribution in [0, 0.1) is 0 Å². The monoisotopic (exact) mass is 542 g/mol. The molecule has 3 aromatic carbocycles. The molecule has 0 unspecified atom stereocenters. The van der Waals surface area contributed by atoms with Gasteiger partial charge in [0.1, 0.15) is 0 Å². The molecular formula is C24H18BrF3N6O. The van der Waals surface area contributed by atoms with E-state index in [-0.39, 0.29) is 11.9 Å². The van der Waals surface area contributed by atoms with Crippen LogP contribution in [0.4, 0.5) is 36.4 Å². The minimum Gasteiger partial charge on any atom is -0.454 e. The van der Waals surface area contributed by atoms with E-state index in [1.54, 1.807) is 4.90 Å². The molecule has 0 aliphatic carbocycles. The van der Waals surface area contributed by atoms with E-state index in [0.717, 1.165) is 10.0 Å².